The van der Waals surface area contributed by atoms with Crippen molar-refractivity contribution in [2.45, 2.75) is 37.5 Å². The third-order valence-corrected chi connectivity index (χ3v) is 13.8. The first-order valence-electron chi connectivity index (χ1n) is 22.2. The van der Waals surface area contributed by atoms with Crippen molar-refractivity contribution < 1.29 is 0 Å². The molecule has 12 rings (SSSR count). The quantitative estimate of drug-likeness (QED) is 0.156. The standard InChI is InChI=1S/C60H46N2/c1-3-19-42(20-4-1)46-21-5-6-22-47(46)48-23-7-8-24-49(48)52-26-10-14-30-57(52)61(45-37-38-51-50-25-9-13-29-55(50)60(56(51)41-45)39-17-2-18-40-60)43-33-35-44(36-34-43)62-58-31-15-11-27-53(58)54-28-12-16-32-59(54)62/h1,3-16,19-38,41H,2,17-18,39-40H2. The maximum absolute atomic E-state index is 2.55. The van der Waals surface area contributed by atoms with Gasteiger partial charge in [-0.1, -0.05) is 183 Å². The van der Waals surface area contributed by atoms with Crippen molar-refractivity contribution in [2.75, 3.05) is 4.90 Å². The van der Waals surface area contributed by atoms with Crippen molar-refractivity contribution in [3.63, 3.8) is 0 Å². The fraction of sp³-hybridized carbons (Fsp3) is 0.100. The van der Waals surface area contributed by atoms with Crippen LogP contribution in [0.15, 0.2) is 218 Å². The molecule has 62 heavy (non-hydrogen) atoms. The van der Waals surface area contributed by atoms with Gasteiger partial charge < -0.3 is 9.47 Å². The van der Waals surface area contributed by atoms with E-state index in [4.69, 9.17) is 0 Å². The van der Waals surface area contributed by atoms with Crippen LogP contribution in [0.3, 0.4) is 0 Å². The first-order chi connectivity index (χ1) is 30.8. The number of hydrogen-bond donors (Lipinski definition) is 0. The normalized spacial score (nSPS) is 13.9. The van der Waals surface area contributed by atoms with Crippen LogP contribution < -0.4 is 4.90 Å². The number of anilines is 3. The first kappa shape index (κ1) is 36.4. The van der Waals surface area contributed by atoms with Gasteiger partial charge in [0.15, 0.2) is 0 Å². The fourth-order valence-electron chi connectivity index (χ4n) is 11.1. The Morgan fingerprint density at radius 3 is 1.55 bits per heavy atom. The van der Waals surface area contributed by atoms with E-state index in [1.54, 1.807) is 0 Å². The SMILES string of the molecule is c1ccc(-c2ccccc2-c2ccccc2-c2ccccc2N(c2ccc(-n3c4ccccc4c4ccccc43)cc2)c2ccc3c(c2)C2(CCCCC2)c2ccccc2-3)cc1. The minimum absolute atomic E-state index is 0.0412. The van der Waals surface area contributed by atoms with Crippen LogP contribution in [-0.2, 0) is 5.41 Å². The van der Waals surface area contributed by atoms with Gasteiger partial charge in [-0.3, -0.25) is 0 Å². The third kappa shape index (κ3) is 5.78. The second-order valence-corrected chi connectivity index (χ2v) is 17.1. The molecule has 9 aromatic carbocycles. The molecule has 1 fully saturated rings. The van der Waals surface area contributed by atoms with E-state index in [0.29, 0.717) is 0 Å². The summed E-state index contributed by atoms with van der Waals surface area (Å²) in [6, 6.07) is 80.9. The highest BCUT2D eigenvalue weighted by molar-refractivity contribution is 6.09. The lowest BCUT2D eigenvalue weighted by Crippen LogP contribution is -2.28. The molecule has 1 saturated carbocycles. The lowest BCUT2D eigenvalue weighted by Gasteiger charge is -2.37. The van der Waals surface area contributed by atoms with Crippen LogP contribution in [0, 0.1) is 0 Å². The second-order valence-electron chi connectivity index (χ2n) is 17.1. The molecule has 10 aromatic rings. The van der Waals surface area contributed by atoms with Gasteiger partial charge in [-0.25, -0.2) is 0 Å². The fourth-order valence-corrected chi connectivity index (χ4v) is 11.1. The molecule has 296 valence electrons. The molecule has 1 spiro atoms. The smallest absolute Gasteiger partial charge is 0.0541 e. The highest BCUT2D eigenvalue weighted by Crippen LogP contribution is 2.57. The number of benzene rings is 9. The number of rotatable bonds is 7. The average Bonchev–Trinajstić information content (AvgIpc) is 3.82. The van der Waals surface area contributed by atoms with E-state index in [-0.39, 0.29) is 5.41 Å². The number of fused-ring (bicyclic) bond motifs is 8. The molecule has 0 radical (unpaired) electrons. The highest BCUT2D eigenvalue weighted by Gasteiger charge is 2.44. The van der Waals surface area contributed by atoms with E-state index >= 15 is 0 Å². The van der Waals surface area contributed by atoms with Gasteiger partial charge in [-0.2, -0.15) is 0 Å². The minimum Gasteiger partial charge on any atom is -0.310 e. The molecule has 2 heteroatoms. The van der Waals surface area contributed by atoms with Crippen LogP contribution in [-0.4, -0.2) is 4.57 Å². The Kier molecular flexibility index (Phi) is 8.78. The Morgan fingerprint density at radius 2 is 0.855 bits per heavy atom. The Hall–Kier alpha value is -7.42. The molecule has 0 atom stereocenters. The van der Waals surface area contributed by atoms with Crippen molar-refractivity contribution in [1.29, 1.82) is 0 Å². The van der Waals surface area contributed by atoms with Gasteiger partial charge in [0.05, 0.1) is 16.7 Å². The van der Waals surface area contributed by atoms with Crippen LogP contribution in [0.1, 0.15) is 43.2 Å². The molecular formula is C60H46N2. The summed E-state index contributed by atoms with van der Waals surface area (Å²) in [5.74, 6) is 0. The molecule has 0 saturated heterocycles. The van der Waals surface area contributed by atoms with E-state index in [1.807, 2.05) is 0 Å². The van der Waals surface area contributed by atoms with Crippen LogP contribution in [0.2, 0.25) is 0 Å². The summed E-state index contributed by atoms with van der Waals surface area (Å²) in [6.07, 6.45) is 6.22. The van der Waals surface area contributed by atoms with Gasteiger partial charge in [0.2, 0.25) is 0 Å². The molecule has 2 aliphatic carbocycles. The summed E-state index contributed by atoms with van der Waals surface area (Å²) in [5, 5.41) is 2.54. The Labute approximate surface area is 364 Å². The van der Waals surface area contributed by atoms with Gasteiger partial charge >= 0.3 is 0 Å². The summed E-state index contributed by atoms with van der Waals surface area (Å²) in [7, 11) is 0. The van der Waals surface area contributed by atoms with Crippen LogP contribution in [0.5, 0.6) is 0 Å². The van der Waals surface area contributed by atoms with Crippen LogP contribution in [0.25, 0.3) is 72.0 Å². The molecule has 2 nitrogen and oxygen atoms in total. The summed E-state index contributed by atoms with van der Waals surface area (Å²) >= 11 is 0. The molecule has 0 amide bonds. The zero-order chi connectivity index (χ0) is 41.0. The summed E-state index contributed by atoms with van der Waals surface area (Å²) in [6.45, 7) is 0. The lowest BCUT2D eigenvalue weighted by molar-refractivity contribution is 0.353. The zero-order valence-electron chi connectivity index (χ0n) is 34.7. The number of para-hydroxylation sites is 3. The van der Waals surface area contributed by atoms with Gasteiger partial charge in [0.25, 0.3) is 0 Å². The van der Waals surface area contributed by atoms with Gasteiger partial charge in [-0.05, 0) is 118 Å². The van der Waals surface area contributed by atoms with E-state index < -0.39 is 0 Å². The second kappa shape index (κ2) is 14.9. The number of hydrogen-bond acceptors (Lipinski definition) is 1. The molecule has 0 unspecified atom stereocenters. The van der Waals surface area contributed by atoms with Crippen molar-refractivity contribution in [2.24, 2.45) is 0 Å². The maximum atomic E-state index is 2.55. The van der Waals surface area contributed by atoms with E-state index in [1.165, 1.54) is 115 Å². The summed E-state index contributed by atoms with van der Waals surface area (Å²) in [5.41, 5.74) is 20.1. The zero-order valence-corrected chi connectivity index (χ0v) is 34.7. The van der Waals surface area contributed by atoms with E-state index in [0.717, 1.165) is 17.1 Å². The Balaban J connectivity index is 1.06. The van der Waals surface area contributed by atoms with Gasteiger partial charge in [0, 0.05) is 38.8 Å². The molecule has 0 bridgehead atoms. The van der Waals surface area contributed by atoms with Crippen molar-refractivity contribution >= 4 is 38.9 Å². The van der Waals surface area contributed by atoms with Gasteiger partial charge in [-0.15, -0.1) is 0 Å². The molecule has 1 heterocycles. The average molecular weight is 795 g/mol. The highest BCUT2D eigenvalue weighted by atomic mass is 15.1. The molecular weight excluding hydrogens is 749 g/mol. The summed E-state index contributed by atoms with van der Waals surface area (Å²) in [4.78, 5) is 2.52. The van der Waals surface area contributed by atoms with Crippen molar-refractivity contribution in [3.05, 3.63) is 230 Å². The monoisotopic (exact) mass is 794 g/mol. The Morgan fingerprint density at radius 1 is 0.355 bits per heavy atom. The topological polar surface area (TPSA) is 8.17 Å². The first-order valence-corrected chi connectivity index (χ1v) is 22.2. The predicted molar refractivity (Wildman–Crippen MR) is 261 cm³/mol. The Bertz CT molecular complexity index is 3220. The molecule has 0 aliphatic heterocycles. The molecule has 0 N–H and O–H groups in total. The van der Waals surface area contributed by atoms with Crippen LogP contribution >= 0.6 is 0 Å². The number of nitrogens with zero attached hydrogens (tertiary/aromatic N) is 2. The third-order valence-electron chi connectivity index (χ3n) is 13.8. The molecule has 2 aliphatic rings. The van der Waals surface area contributed by atoms with Crippen LogP contribution in [0.4, 0.5) is 17.1 Å². The maximum Gasteiger partial charge on any atom is 0.0541 e. The van der Waals surface area contributed by atoms with Gasteiger partial charge in [0.1, 0.15) is 0 Å². The lowest BCUT2D eigenvalue weighted by atomic mass is 9.68. The predicted octanol–water partition coefficient (Wildman–Crippen LogP) is 16.5. The minimum atomic E-state index is 0.0412. The van der Waals surface area contributed by atoms with Crippen molar-refractivity contribution in [1.82, 2.24) is 4.57 Å². The van der Waals surface area contributed by atoms with Crippen molar-refractivity contribution in [3.8, 4) is 50.2 Å². The largest absolute Gasteiger partial charge is 0.310 e. The molecule has 1 aromatic heterocycles. The van der Waals surface area contributed by atoms with E-state index in [2.05, 4.69) is 228 Å². The number of aromatic nitrogens is 1. The summed E-state index contributed by atoms with van der Waals surface area (Å²) < 4.78 is 2.41. The van der Waals surface area contributed by atoms with E-state index in [9.17, 15) is 0 Å².